The van der Waals surface area contributed by atoms with Crippen LogP contribution >= 0.6 is 0 Å². The Morgan fingerprint density at radius 1 is 1.24 bits per heavy atom. The van der Waals surface area contributed by atoms with Crippen LogP contribution in [-0.2, 0) is 25.9 Å². The quantitative estimate of drug-likeness (QED) is 0.764. The molecule has 1 aliphatic heterocycles. The number of fused-ring (bicyclic) bond motifs is 1. The zero-order valence-corrected chi connectivity index (χ0v) is 17.3. The molecule has 1 unspecified atom stereocenters. The van der Waals surface area contributed by atoms with E-state index < -0.39 is 0 Å². The molecule has 1 N–H and O–H groups in total. The standard InChI is InChI=1S/C23H31N5O/c1-3-11-28-21-10-9-19(24-17-18-7-5-4-6-8-18)16-20(21)22(25-28)23(29)27-14-12-26(2)13-15-27/h3-8,19,24H,1,9-17H2,2H3. The number of carbonyl (C=O) groups excluding carboxylic acids is 1. The van der Waals surface area contributed by atoms with Gasteiger partial charge in [0.1, 0.15) is 0 Å². The minimum Gasteiger partial charge on any atom is -0.335 e. The second kappa shape index (κ2) is 8.93. The van der Waals surface area contributed by atoms with Gasteiger partial charge in [0.25, 0.3) is 5.91 Å². The topological polar surface area (TPSA) is 53.4 Å². The summed E-state index contributed by atoms with van der Waals surface area (Å²) in [5.41, 5.74) is 4.28. The molecular formula is C23H31N5O. The van der Waals surface area contributed by atoms with Crippen molar-refractivity contribution >= 4 is 5.91 Å². The fraction of sp³-hybridized carbons (Fsp3) is 0.478. The molecule has 1 aromatic heterocycles. The number of nitrogens with zero attached hydrogens (tertiary/aromatic N) is 4. The van der Waals surface area contributed by atoms with E-state index in [4.69, 9.17) is 5.10 Å². The molecule has 0 radical (unpaired) electrons. The summed E-state index contributed by atoms with van der Waals surface area (Å²) in [5.74, 6) is 0.0841. The Kier molecular flexibility index (Phi) is 6.11. The molecule has 1 aliphatic carbocycles. The van der Waals surface area contributed by atoms with Gasteiger partial charge in [-0.15, -0.1) is 6.58 Å². The highest BCUT2D eigenvalue weighted by molar-refractivity contribution is 5.94. The van der Waals surface area contributed by atoms with Crippen molar-refractivity contribution in [1.82, 2.24) is 24.9 Å². The lowest BCUT2D eigenvalue weighted by molar-refractivity contribution is 0.0656. The van der Waals surface area contributed by atoms with E-state index >= 15 is 0 Å². The maximum Gasteiger partial charge on any atom is 0.274 e. The lowest BCUT2D eigenvalue weighted by atomic mass is 9.90. The molecule has 6 heteroatoms. The molecule has 0 saturated carbocycles. The molecule has 2 aliphatic rings. The van der Waals surface area contributed by atoms with E-state index in [1.165, 1.54) is 11.3 Å². The average molecular weight is 394 g/mol. The molecule has 0 spiro atoms. The van der Waals surface area contributed by atoms with E-state index in [1.807, 2.05) is 21.7 Å². The van der Waals surface area contributed by atoms with Crippen molar-refractivity contribution in [3.05, 3.63) is 65.5 Å². The highest BCUT2D eigenvalue weighted by Crippen LogP contribution is 2.26. The zero-order valence-electron chi connectivity index (χ0n) is 17.3. The van der Waals surface area contributed by atoms with Crippen molar-refractivity contribution in [2.75, 3.05) is 33.2 Å². The molecular weight excluding hydrogens is 362 g/mol. The van der Waals surface area contributed by atoms with Crippen LogP contribution in [0.15, 0.2) is 43.0 Å². The number of benzene rings is 1. The van der Waals surface area contributed by atoms with Crippen molar-refractivity contribution in [2.45, 2.75) is 38.4 Å². The first-order chi connectivity index (χ1) is 14.2. The number of aromatic nitrogens is 2. The first-order valence-corrected chi connectivity index (χ1v) is 10.6. The minimum atomic E-state index is 0.0841. The van der Waals surface area contributed by atoms with Gasteiger partial charge < -0.3 is 15.1 Å². The van der Waals surface area contributed by atoms with Gasteiger partial charge in [0.15, 0.2) is 5.69 Å². The summed E-state index contributed by atoms with van der Waals surface area (Å²) in [6.45, 7) is 8.75. The van der Waals surface area contributed by atoms with Crippen molar-refractivity contribution in [3.8, 4) is 0 Å². The molecule has 154 valence electrons. The lowest BCUT2D eigenvalue weighted by Crippen LogP contribution is -2.47. The number of amides is 1. The summed E-state index contributed by atoms with van der Waals surface area (Å²) in [6.07, 6.45) is 4.72. The van der Waals surface area contributed by atoms with E-state index in [0.29, 0.717) is 18.3 Å². The van der Waals surface area contributed by atoms with Gasteiger partial charge in [-0.3, -0.25) is 9.48 Å². The highest BCUT2D eigenvalue weighted by atomic mass is 16.2. The number of rotatable bonds is 6. The molecule has 2 heterocycles. The summed E-state index contributed by atoms with van der Waals surface area (Å²) in [4.78, 5) is 17.5. The van der Waals surface area contributed by atoms with Crippen molar-refractivity contribution in [1.29, 1.82) is 0 Å². The molecule has 4 rings (SSSR count). The number of piperazine rings is 1. The largest absolute Gasteiger partial charge is 0.335 e. The smallest absolute Gasteiger partial charge is 0.274 e. The third kappa shape index (κ3) is 4.43. The summed E-state index contributed by atoms with van der Waals surface area (Å²) < 4.78 is 1.99. The lowest BCUT2D eigenvalue weighted by Gasteiger charge is -2.32. The summed E-state index contributed by atoms with van der Waals surface area (Å²) in [6, 6.07) is 10.8. The van der Waals surface area contributed by atoms with Gasteiger partial charge in [-0.05, 0) is 31.9 Å². The fourth-order valence-corrected chi connectivity index (χ4v) is 4.32. The van der Waals surface area contributed by atoms with Gasteiger partial charge in [0.2, 0.25) is 0 Å². The first kappa shape index (κ1) is 19.9. The predicted molar refractivity (Wildman–Crippen MR) is 115 cm³/mol. The van der Waals surface area contributed by atoms with Crippen LogP contribution in [0.3, 0.4) is 0 Å². The van der Waals surface area contributed by atoms with Gasteiger partial charge >= 0.3 is 0 Å². The Morgan fingerprint density at radius 3 is 2.72 bits per heavy atom. The van der Waals surface area contributed by atoms with Crippen LogP contribution in [0.25, 0.3) is 0 Å². The number of nitrogens with one attached hydrogen (secondary N) is 1. The summed E-state index contributed by atoms with van der Waals surface area (Å²) in [5, 5.41) is 8.42. The highest BCUT2D eigenvalue weighted by Gasteiger charge is 2.31. The Balaban J connectivity index is 1.51. The van der Waals surface area contributed by atoms with Gasteiger partial charge in [-0.1, -0.05) is 36.4 Å². The van der Waals surface area contributed by atoms with E-state index in [2.05, 4.69) is 48.1 Å². The van der Waals surface area contributed by atoms with Gasteiger partial charge in [-0.2, -0.15) is 5.10 Å². The number of carbonyl (C=O) groups is 1. The maximum absolute atomic E-state index is 13.3. The molecule has 6 nitrogen and oxygen atoms in total. The molecule has 1 atom stereocenters. The number of likely N-dealkylation sites (N-methyl/N-ethyl adjacent to an activating group) is 1. The van der Waals surface area contributed by atoms with Crippen LogP contribution in [0.5, 0.6) is 0 Å². The van der Waals surface area contributed by atoms with Crippen LogP contribution in [0, 0.1) is 0 Å². The van der Waals surface area contributed by atoms with Crippen LogP contribution in [0.1, 0.15) is 33.7 Å². The second-order valence-corrected chi connectivity index (χ2v) is 8.15. The molecule has 2 aromatic rings. The first-order valence-electron chi connectivity index (χ1n) is 10.6. The normalized spacial score (nSPS) is 19.8. The monoisotopic (exact) mass is 393 g/mol. The molecule has 0 bridgehead atoms. The number of hydrogen-bond acceptors (Lipinski definition) is 4. The maximum atomic E-state index is 13.3. The number of hydrogen-bond donors (Lipinski definition) is 1. The molecule has 1 fully saturated rings. The van der Waals surface area contributed by atoms with Crippen LogP contribution in [0.4, 0.5) is 0 Å². The summed E-state index contributed by atoms with van der Waals surface area (Å²) in [7, 11) is 2.10. The van der Waals surface area contributed by atoms with Gasteiger partial charge in [0, 0.05) is 50.0 Å². The molecule has 1 amide bonds. The Bertz CT molecular complexity index is 852. The fourth-order valence-electron chi connectivity index (χ4n) is 4.32. The van der Waals surface area contributed by atoms with E-state index in [1.54, 1.807) is 0 Å². The predicted octanol–water partition coefficient (Wildman–Crippen LogP) is 2.10. The zero-order chi connectivity index (χ0) is 20.2. The summed E-state index contributed by atoms with van der Waals surface area (Å²) >= 11 is 0. The van der Waals surface area contributed by atoms with Crippen molar-refractivity contribution < 1.29 is 4.79 Å². The second-order valence-electron chi connectivity index (χ2n) is 8.15. The Labute approximate surface area is 173 Å². The third-order valence-corrected chi connectivity index (χ3v) is 6.08. The Hall–Kier alpha value is -2.44. The van der Waals surface area contributed by atoms with Crippen LogP contribution in [-0.4, -0.2) is 64.8 Å². The van der Waals surface area contributed by atoms with E-state index in [0.717, 1.165) is 57.5 Å². The average Bonchev–Trinajstić information content (AvgIpc) is 3.11. The van der Waals surface area contributed by atoms with Crippen molar-refractivity contribution in [2.24, 2.45) is 0 Å². The van der Waals surface area contributed by atoms with Gasteiger partial charge in [0.05, 0.1) is 6.54 Å². The Morgan fingerprint density at radius 2 is 2.00 bits per heavy atom. The molecule has 29 heavy (non-hydrogen) atoms. The van der Waals surface area contributed by atoms with Gasteiger partial charge in [-0.25, -0.2) is 0 Å². The SMILES string of the molecule is C=CCn1nc(C(=O)N2CCN(C)CC2)c2c1CCC(NCc1ccccc1)C2. The molecule has 1 aromatic carbocycles. The van der Waals surface area contributed by atoms with Crippen molar-refractivity contribution in [3.63, 3.8) is 0 Å². The van der Waals surface area contributed by atoms with Crippen LogP contribution < -0.4 is 5.32 Å². The van der Waals surface area contributed by atoms with Crippen LogP contribution in [0.2, 0.25) is 0 Å². The number of allylic oxidation sites excluding steroid dienone is 1. The van der Waals surface area contributed by atoms with E-state index in [-0.39, 0.29) is 5.91 Å². The minimum absolute atomic E-state index is 0.0841. The van der Waals surface area contributed by atoms with E-state index in [9.17, 15) is 4.79 Å². The molecule has 1 saturated heterocycles. The third-order valence-electron chi connectivity index (χ3n) is 6.08.